The third-order valence-corrected chi connectivity index (χ3v) is 2.52. The van der Waals surface area contributed by atoms with Crippen LogP contribution in [0.25, 0.3) is 0 Å². The van der Waals surface area contributed by atoms with Crippen molar-refractivity contribution in [2.24, 2.45) is 0 Å². The van der Waals surface area contributed by atoms with Gasteiger partial charge in [-0.25, -0.2) is 0 Å². The Bertz CT molecular complexity index is 375. The number of carbonyl (C=O) groups is 1. The number of amides is 1. The van der Waals surface area contributed by atoms with Crippen LogP contribution >= 0.6 is 24.0 Å². The van der Waals surface area contributed by atoms with Crippen molar-refractivity contribution in [2.45, 2.75) is 0 Å². The number of likely N-dealkylation sites (N-methyl/N-ethyl adjacent to an activating group) is 2. The van der Waals surface area contributed by atoms with Gasteiger partial charge in [0.2, 0.25) is 0 Å². The summed E-state index contributed by atoms with van der Waals surface area (Å²) in [5, 5.41) is 3.58. The van der Waals surface area contributed by atoms with Crippen molar-refractivity contribution in [3.63, 3.8) is 0 Å². The van der Waals surface area contributed by atoms with Gasteiger partial charge in [0.05, 0.1) is 0 Å². The second kappa shape index (κ2) is 9.03. The first kappa shape index (κ1) is 17.0. The molecule has 0 fully saturated rings. The van der Waals surface area contributed by atoms with Crippen LogP contribution in [-0.2, 0) is 4.79 Å². The number of hydrogen-bond acceptors (Lipinski definition) is 3. The zero-order valence-corrected chi connectivity index (χ0v) is 12.1. The van der Waals surface area contributed by atoms with Crippen LogP contribution in [0.3, 0.4) is 0 Å². The molecule has 1 N–H and O–H groups in total. The van der Waals surface area contributed by atoms with Gasteiger partial charge in [0, 0.05) is 25.2 Å². The first-order valence-corrected chi connectivity index (χ1v) is 5.78. The van der Waals surface area contributed by atoms with E-state index in [1.807, 2.05) is 7.05 Å². The molecule has 102 valence electrons. The van der Waals surface area contributed by atoms with Gasteiger partial charge >= 0.3 is 0 Å². The van der Waals surface area contributed by atoms with Crippen molar-refractivity contribution < 1.29 is 9.53 Å². The molecule has 1 amide bonds. The molecular weight excluding hydrogens is 275 g/mol. The Labute approximate surface area is 119 Å². The molecule has 0 heterocycles. The lowest BCUT2D eigenvalue weighted by Gasteiger charge is -2.17. The maximum absolute atomic E-state index is 11.6. The molecule has 0 saturated heterocycles. The van der Waals surface area contributed by atoms with Crippen LogP contribution < -0.4 is 10.1 Å². The molecule has 0 atom stereocenters. The summed E-state index contributed by atoms with van der Waals surface area (Å²) in [5.41, 5.74) is 0. The number of hydrogen-bond donors (Lipinski definition) is 1. The molecule has 0 radical (unpaired) electrons. The van der Waals surface area contributed by atoms with Crippen molar-refractivity contribution in [3.8, 4) is 5.75 Å². The lowest BCUT2D eigenvalue weighted by molar-refractivity contribution is -0.131. The lowest BCUT2D eigenvalue weighted by atomic mass is 10.3. The number of carbonyl (C=O) groups excluding carboxylic acids is 1. The molecule has 1 aromatic rings. The van der Waals surface area contributed by atoms with E-state index in [1.165, 1.54) is 0 Å². The molecule has 18 heavy (non-hydrogen) atoms. The van der Waals surface area contributed by atoms with Gasteiger partial charge in [-0.2, -0.15) is 0 Å². The van der Waals surface area contributed by atoms with Gasteiger partial charge in [-0.3, -0.25) is 4.79 Å². The summed E-state index contributed by atoms with van der Waals surface area (Å²) < 4.78 is 5.35. The number of rotatable bonds is 6. The third-order valence-electron chi connectivity index (χ3n) is 2.28. The highest BCUT2D eigenvalue weighted by Crippen LogP contribution is 2.16. The molecular formula is C12H18Cl2N2O2. The largest absolute Gasteiger partial charge is 0.484 e. The fraction of sp³-hybridized carbons (Fsp3) is 0.417. The molecule has 1 aromatic carbocycles. The van der Waals surface area contributed by atoms with Crippen LogP contribution in [0.4, 0.5) is 0 Å². The Hall–Kier alpha value is -0.970. The van der Waals surface area contributed by atoms with Crippen molar-refractivity contribution >= 4 is 29.9 Å². The first-order chi connectivity index (χ1) is 8.13. The van der Waals surface area contributed by atoms with Gasteiger partial charge in [0.1, 0.15) is 5.75 Å². The Morgan fingerprint density at radius 2 is 2.22 bits per heavy atom. The highest BCUT2D eigenvalue weighted by Gasteiger charge is 2.08. The van der Waals surface area contributed by atoms with Crippen molar-refractivity contribution in [1.82, 2.24) is 10.2 Å². The highest BCUT2D eigenvalue weighted by atomic mass is 35.5. The maximum Gasteiger partial charge on any atom is 0.260 e. The number of halogens is 2. The Morgan fingerprint density at radius 1 is 1.50 bits per heavy atom. The molecule has 6 heteroatoms. The van der Waals surface area contributed by atoms with E-state index >= 15 is 0 Å². The quantitative estimate of drug-likeness (QED) is 0.870. The van der Waals surface area contributed by atoms with Crippen LogP contribution in [0.15, 0.2) is 24.3 Å². The molecule has 0 aliphatic heterocycles. The normalized spacial score (nSPS) is 9.50. The van der Waals surface area contributed by atoms with Crippen LogP contribution in [0.5, 0.6) is 5.75 Å². The van der Waals surface area contributed by atoms with Gasteiger partial charge in [-0.05, 0) is 25.2 Å². The summed E-state index contributed by atoms with van der Waals surface area (Å²) in [4.78, 5) is 13.3. The zero-order valence-electron chi connectivity index (χ0n) is 10.5. The SMILES string of the molecule is CNCCN(C)C(=O)COc1cccc(Cl)c1.Cl. The third kappa shape index (κ3) is 6.10. The second-order valence-electron chi connectivity index (χ2n) is 3.66. The van der Waals surface area contributed by atoms with E-state index in [-0.39, 0.29) is 24.9 Å². The van der Waals surface area contributed by atoms with E-state index in [0.717, 1.165) is 6.54 Å². The monoisotopic (exact) mass is 292 g/mol. The Kier molecular flexibility index (Phi) is 8.54. The molecule has 1 rings (SSSR count). The molecule has 0 bridgehead atoms. The van der Waals surface area contributed by atoms with Gasteiger partial charge in [0.15, 0.2) is 6.61 Å². The smallest absolute Gasteiger partial charge is 0.260 e. The van der Waals surface area contributed by atoms with E-state index < -0.39 is 0 Å². The summed E-state index contributed by atoms with van der Waals surface area (Å²) >= 11 is 5.81. The van der Waals surface area contributed by atoms with E-state index in [1.54, 1.807) is 36.2 Å². The fourth-order valence-electron chi connectivity index (χ4n) is 1.22. The van der Waals surface area contributed by atoms with Gasteiger partial charge < -0.3 is 15.0 Å². The topological polar surface area (TPSA) is 41.6 Å². The highest BCUT2D eigenvalue weighted by molar-refractivity contribution is 6.30. The second-order valence-corrected chi connectivity index (χ2v) is 4.10. The van der Waals surface area contributed by atoms with Gasteiger partial charge in [-0.1, -0.05) is 17.7 Å². The first-order valence-electron chi connectivity index (χ1n) is 5.40. The molecule has 0 aliphatic carbocycles. The predicted octanol–water partition coefficient (Wildman–Crippen LogP) is 1.82. The minimum Gasteiger partial charge on any atom is -0.484 e. The van der Waals surface area contributed by atoms with Gasteiger partial charge in [0.25, 0.3) is 5.91 Å². The summed E-state index contributed by atoms with van der Waals surface area (Å²) in [6.45, 7) is 1.45. The molecule has 0 saturated carbocycles. The molecule has 0 unspecified atom stereocenters. The standard InChI is InChI=1S/C12H17ClN2O2.ClH/c1-14-6-7-15(2)12(16)9-17-11-5-3-4-10(13)8-11;/h3-5,8,14H,6-7,9H2,1-2H3;1H. The Morgan fingerprint density at radius 3 is 2.83 bits per heavy atom. The Balaban J connectivity index is 0.00000289. The minimum atomic E-state index is -0.0553. The number of benzene rings is 1. The van der Waals surface area contributed by atoms with Crippen LogP contribution in [0.1, 0.15) is 0 Å². The van der Waals surface area contributed by atoms with E-state index in [4.69, 9.17) is 16.3 Å². The van der Waals surface area contributed by atoms with Crippen molar-refractivity contribution in [1.29, 1.82) is 0 Å². The zero-order chi connectivity index (χ0) is 12.7. The van der Waals surface area contributed by atoms with Crippen LogP contribution in [0.2, 0.25) is 5.02 Å². The molecule has 0 spiro atoms. The van der Waals surface area contributed by atoms with Crippen LogP contribution in [0, 0.1) is 0 Å². The van der Waals surface area contributed by atoms with E-state index in [0.29, 0.717) is 17.3 Å². The van der Waals surface area contributed by atoms with Gasteiger partial charge in [-0.15, -0.1) is 12.4 Å². The minimum absolute atomic E-state index is 0. The number of nitrogens with zero attached hydrogens (tertiary/aromatic N) is 1. The van der Waals surface area contributed by atoms with Crippen LogP contribution in [-0.4, -0.2) is 44.6 Å². The molecule has 0 aliphatic rings. The van der Waals surface area contributed by atoms with Crippen molar-refractivity contribution in [3.05, 3.63) is 29.3 Å². The van der Waals surface area contributed by atoms with E-state index in [2.05, 4.69) is 5.32 Å². The molecule has 4 nitrogen and oxygen atoms in total. The number of ether oxygens (including phenoxy) is 1. The maximum atomic E-state index is 11.6. The van der Waals surface area contributed by atoms with E-state index in [9.17, 15) is 4.79 Å². The predicted molar refractivity (Wildman–Crippen MR) is 75.8 cm³/mol. The molecule has 0 aromatic heterocycles. The average molecular weight is 293 g/mol. The number of nitrogens with one attached hydrogen (secondary N) is 1. The average Bonchev–Trinajstić information content (AvgIpc) is 2.33. The summed E-state index contributed by atoms with van der Waals surface area (Å²) in [6.07, 6.45) is 0. The lowest BCUT2D eigenvalue weighted by Crippen LogP contribution is -2.35. The summed E-state index contributed by atoms with van der Waals surface area (Å²) in [7, 11) is 3.60. The van der Waals surface area contributed by atoms with Crippen molar-refractivity contribution in [2.75, 3.05) is 33.8 Å². The summed E-state index contributed by atoms with van der Waals surface area (Å²) in [6, 6.07) is 7.00. The summed E-state index contributed by atoms with van der Waals surface area (Å²) in [5.74, 6) is 0.549. The fourth-order valence-corrected chi connectivity index (χ4v) is 1.40.